The lowest BCUT2D eigenvalue weighted by atomic mass is 10.1. The first kappa shape index (κ1) is 15.3. The van der Waals surface area contributed by atoms with Crippen molar-refractivity contribution in [2.24, 2.45) is 0 Å². The highest BCUT2D eigenvalue weighted by Gasteiger charge is 2.25. The van der Waals surface area contributed by atoms with Crippen molar-refractivity contribution >= 4 is 0 Å². The third-order valence-corrected chi connectivity index (χ3v) is 3.76. The van der Waals surface area contributed by atoms with Gasteiger partial charge < -0.3 is 10.1 Å². The third-order valence-electron chi connectivity index (χ3n) is 3.76. The van der Waals surface area contributed by atoms with Crippen LogP contribution in [0.15, 0.2) is 30.3 Å². The van der Waals surface area contributed by atoms with E-state index in [0.29, 0.717) is 6.04 Å². The van der Waals surface area contributed by atoms with Gasteiger partial charge in [0, 0.05) is 24.7 Å². The van der Waals surface area contributed by atoms with Crippen molar-refractivity contribution in [1.29, 1.82) is 0 Å². The second-order valence-electron chi connectivity index (χ2n) is 6.62. The first-order valence-corrected chi connectivity index (χ1v) is 7.71. The van der Waals surface area contributed by atoms with Gasteiger partial charge in [0.2, 0.25) is 0 Å². The van der Waals surface area contributed by atoms with E-state index in [0.717, 1.165) is 25.4 Å². The number of para-hydroxylation sites is 1. The Morgan fingerprint density at radius 3 is 2.70 bits per heavy atom. The number of likely N-dealkylation sites (tertiary alicyclic amines) is 1. The van der Waals surface area contributed by atoms with Gasteiger partial charge in [-0.25, -0.2) is 0 Å². The van der Waals surface area contributed by atoms with Crippen LogP contribution in [-0.4, -0.2) is 42.7 Å². The SMILES string of the molecule is CC(C)(C)NCC1CCCN1CCOc1ccccc1. The predicted octanol–water partition coefficient (Wildman–Crippen LogP) is 2.92. The molecule has 0 amide bonds. The lowest BCUT2D eigenvalue weighted by molar-refractivity contribution is 0.188. The number of ether oxygens (including phenoxy) is 1. The van der Waals surface area contributed by atoms with Crippen molar-refractivity contribution in [1.82, 2.24) is 10.2 Å². The van der Waals surface area contributed by atoms with Crippen LogP contribution < -0.4 is 10.1 Å². The van der Waals surface area contributed by atoms with Crippen molar-refractivity contribution in [3.05, 3.63) is 30.3 Å². The van der Waals surface area contributed by atoms with Crippen LogP contribution in [0.3, 0.4) is 0 Å². The summed E-state index contributed by atoms with van der Waals surface area (Å²) >= 11 is 0. The molecule has 1 heterocycles. The van der Waals surface area contributed by atoms with E-state index in [1.54, 1.807) is 0 Å². The average molecular weight is 276 g/mol. The van der Waals surface area contributed by atoms with Gasteiger partial charge in [0.05, 0.1) is 0 Å². The minimum Gasteiger partial charge on any atom is -0.492 e. The van der Waals surface area contributed by atoms with Crippen molar-refractivity contribution in [2.75, 3.05) is 26.2 Å². The second kappa shape index (κ2) is 7.09. The molecule has 0 spiro atoms. The number of hydrogen-bond acceptors (Lipinski definition) is 3. The van der Waals surface area contributed by atoms with Crippen LogP contribution in [0.25, 0.3) is 0 Å². The highest BCUT2D eigenvalue weighted by Crippen LogP contribution is 2.17. The molecule has 3 heteroatoms. The Labute approximate surface area is 123 Å². The predicted molar refractivity (Wildman–Crippen MR) is 84.3 cm³/mol. The Balaban J connectivity index is 1.71. The van der Waals surface area contributed by atoms with E-state index in [1.807, 2.05) is 30.3 Å². The number of benzene rings is 1. The summed E-state index contributed by atoms with van der Waals surface area (Å²) in [5.74, 6) is 0.969. The highest BCUT2D eigenvalue weighted by molar-refractivity contribution is 5.20. The van der Waals surface area contributed by atoms with Gasteiger partial charge in [0.1, 0.15) is 12.4 Å². The molecule has 0 saturated carbocycles. The molecular formula is C17H28N2O. The zero-order valence-corrected chi connectivity index (χ0v) is 13.1. The quantitative estimate of drug-likeness (QED) is 0.864. The molecule has 1 aliphatic heterocycles. The van der Waals surface area contributed by atoms with Gasteiger partial charge in [-0.05, 0) is 52.3 Å². The normalized spacial score (nSPS) is 20.2. The van der Waals surface area contributed by atoms with Crippen LogP contribution in [0.5, 0.6) is 5.75 Å². The maximum Gasteiger partial charge on any atom is 0.119 e. The summed E-state index contributed by atoms with van der Waals surface area (Å²) in [6, 6.07) is 10.7. The molecule has 20 heavy (non-hydrogen) atoms. The minimum atomic E-state index is 0.203. The van der Waals surface area contributed by atoms with Gasteiger partial charge in [-0.15, -0.1) is 0 Å². The Bertz CT molecular complexity index is 386. The Morgan fingerprint density at radius 1 is 1.25 bits per heavy atom. The van der Waals surface area contributed by atoms with Crippen LogP contribution in [0.2, 0.25) is 0 Å². The molecule has 0 radical (unpaired) electrons. The molecule has 0 aromatic heterocycles. The summed E-state index contributed by atoms with van der Waals surface area (Å²) in [5.41, 5.74) is 0.203. The minimum absolute atomic E-state index is 0.203. The first-order valence-electron chi connectivity index (χ1n) is 7.71. The largest absolute Gasteiger partial charge is 0.492 e. The molecule has 0 bridgehead atoms. The summed E-state index contributed by atoms with van der Waals surface area (Å²) in [5, 5.41) is 3.62. The van der Waals surface area contributed by atoms with Crippen LogP contribution in [0.1, 0.15) is 33.6 Å². The Kier molecular flexibility index (Phi) is 5.44. The molecule has 112 valence electrons. The van der Waals surface area contributed by atoms with Crippen LogP contribution >= 0.6 is 0 Å². The van der Waals surface area contributed by atoms with Gasteiger partial charge in [-0.1, -0.05) is 18.2 Å². The molecule has 1 N–H and O–H groups in total. The Hall–Kier alpha value is -1.06. The standard InChI is InChI=1S/C17H28N2O/c1-17(2,3)18-14-15-8-7-11-19(15)12-13-20-16-9-5-4-6-10-16/h4-6,9-10,15,18H,7-8,11-14H2,1-3H3. The molecule has 2 rings (SSSR count). The molecule has 1 fully saturated rings. The fourth-order valence-electron chi connectivity index (χ4n) is 2.64. The van der Waals surface area contributed by atoms with Crippen molar-refractivity contribution in [3.63, 3.8) is 0 Å². The van der Waals surface area contributed by atoms with Crippen LogP contribution in [0.4, 0.5) is 0 Å². The van der Waals surface area contributed by atoms with E-state index in [-0.39, 0.29) is 5.54 Å². The summed E-state index contributed by atoms with van der Waals surface area (Å²) in [6.07, 6.45) is 2.61. The highest BCUT2D eigenvalue weighted by atomic mass is 16.5. The lowest BCUT2D eigenvalue weighted by Gasteiger charge is -2.28. The van der Waals surface area contributed by atoms with Crippen molar-refractivity contribution in [3.8, 4) is 5.75 Å². The van der Waals surface area contributed by atoms with Crippen molar-refractivity contribution in [2.45, 2.75) is 45.2 Å². The molecule has 1 aromatic carbocycles. The fourth-order valence-corrected chi connectivity index (χ4v) is 2.64. The van der Waals surface area contributed by atoms with E-state index in [1.165, 1.54) is 19.4 Å². The number of hydrogen-bond donors (Lipinski definition) is 1. The summed E-state index contributed by atoms with van der Waals surface area (Å²) in [7, 11) is 0. The van der Waals surface area contributed by atoms with Crippen LogP contribution in [-0.2, 0) is 0 Å². The molecule has 1 saturated heterocycles. The van der Waals surface area contributed by atoms with E-state index in [4.69, 9.17) is 4.74 Å². The Morgan fingerprint density at radius 2 is 2.00 bits per heavy atom. The molecule has 1 atom stereocenters. The van der Waals surface area contributed by atoms with E-state index in [9.17, 15) is 0 Å². The van der Waals surface area contributed by atoms with E-state index >= 15 is 0 Å². The van der Waals surface area contributed by atoms with Crippen molar-refractivity contribution < 1.29 is 4.74 Å². The van der Waals surface area contributed by atoms with E-state index in [2.05, 4.69) is 31.0 Å². The second-order valence-corrected chi connectivity index (χ2v) is 6.62. The van der Waals surface area contributed by atoms with E-state index < -0.39 is 0 Å². The molecule has 3 nitrogen and oxygen atoms in total. The molecule has 1 aromatic rings. The maximum absolute atomic E-state index is 5.80. The topological polar surface area (TPSA) is 24.5 Å². The smallest absolute Gasteiger partial charge is 0.119 e. The lowest BCUT2D eigenvalue weighted by Crippen LogP contribution is -2.46. The van der Waals surface area contributed by atoms with Gasteiger partial charge in [-0.2, -0.15) is 0 Å². The number of nitrogens with zero attached hydrogens (tertiary/aromatic N) is 1. The summed E-state index contributed by atoms with van der Waals surface area (Å²) in [4.78, 5) is 2.56. The maximum atomic E-state index is 5.80. The first-order chi connectivity index (χ1) is 9.54. The van der Waals surface area contributed by atoms with Crippen LogP contribution in [0, 0.1) is 0 Å². The molecule has 1 aliphatic rings. The summed E-state index contributed by atoms with van der Waals surface area (Å²) in [6.45, 7) is 10.8. The van der Waals surface area contributed by atoms with Gasteiger partial charge >= 0.3 is 0 Å². The third kappa shape index (κ3) is 5.14. The number of nitrogens with one attached hydrogen (secondary N) is 1. The average Bonchev–Trinajstić information content (AvgIpc) is 2.84. The molecule has 0 aliphatic carbocycles. The number of rotatable bonds is 6. The van der Waals surface area contributed by atoms with Gasteiger partial charge in [0.15, 0.2) is 0 Å². The van der Waals surface area contributed by atoms with Gasteiger partial charge in [0.25, 0.3) is 0 Å². The summed E-state index contributed by atoms with van der Waals surface area (Å²) < 4.78 is 5.80. The zero-order chi connectivity index (χ0) is 14.4. The van der Waals surface area contributed by atoms with Gasteiger partial charge in [-0.3, -0.25) is 4.90 Å². The molecular weight excluding hydrogens is 248 g/mol. The molecule has 1 unspecified atom stereocenters. The fraction of sp³-hybridized carbons (Fsp3) is 0.647. The monoisotopic (exact) mass is 276 g/mol. The zero-order valence-electron chi connectivity index (χ0n) is 13.1.